The number of nitrogens with one attached hydrogen (secondary N) is 1. The summed E-state index contributed by atoms with van der Waals surface area (Å²) in [6.07, 6.45) is 0. The highest BCUT2D eigenvalue weighted by Crippen LogP contribution is 2.22. The van der Waals surface area contributed by atoms with Crippen molar-refractivity contribution in [2.45, 2.75) is 11.8 Å². The van der Waals surface area contributed by atoms with Gasteiger partial charge in [-0.3, -0.25) is 9.52 Å². The van der Waals surface area contributed by atoms with E-state index in [1.54, 1.807) is 36.4 Å². The van der Waals surface area contributed by atoms with E-state index >= 15 is 0 Å². The first-order chi connectivity index (χ1) is 14.2. The summed E-state index contributed by atoms with van der Waals surface area (Å²) in [7, 11) is -2.43. The molecule has 156 valence electrons. The fourth-order valence-corrected chi connectivity index (χ4v) is 4.67. The molecule has 12 heteroatoms. The highest BCUT2D eigenvalue weighted by molar-refractivity contribution is 7.91. The molecule has 3 rings (SSSR count). The van der Waals surface area contributed by atoms with Gasteiger partial charge < -0.3 is 10.5 Å². The molecule has 0 bridgehead atoms. The lowest BCUT2D eigenvalue weighted by molar-refractivity contribution is 0.0994. The molecule has 0 aliphatic heterocycles. The summed E-state index contributed by atoms with van der Waals surface area (Å²) >= 11 is 6.02. The second-order valence-electron chi connectivity index (χ2n) is 5.99. The quantitative estimate of drug-likeness (QED) is 0.552. The molecule has 0 aliphatic carbocycles. The van der Waals surface area contributed by atoms with E-state index in [4.69, 9.17) is 22.7 Å². The zero-order chi connectivity index (χ0) is 21.9. The molecule has 1 heterocycles. The van der Waals surface area contributed by atoms with Gasteiger partial charge in [-0.25, -0.2) is 13.4 Å². The van der Waals surface area contributed by atoms with Crippen molar-refractivity contribution >= 4 is 44.8 Å². The van der Waals surface area contributed by atoms with Crippen molar-refractivity contribution in [3.63, 3.8) is 0 Å². The fraction of sp³-hybridized carbons (Fsp3) is 0.111. The number of hydrogen-bond acceptors (Lipinski definition) is 7. The number of primary amides is 1. The molecule has 3 N–H and O–H groups in total. The van der Waals surface area contributed by atoms with Gasteiger partial charge in [0, 0.05) is 0 Å². The van der Waals surface area contributed by atoms with Gasteiger partial charge in [-0.2, -0.15) is 4.07 Å². The number of sulfonamides is 1. The normalized spacial score (nSPS) is 11.9. The minimum absolute atomic E-state index is 0.0363. The number of carbonyl (C=O) groups excluding carboxylic acids is 1. The van der Waals surface area contributed by atoms with Crippen LogP contribution in [0, 0.1) is 6.92 Å². The average Bonchev–Trinajstić information content (AvgIpc) is 3.11. The van der Waals surface area contributed by atoms with Gasteiger partial charge >= 0.3 is 0 Å². The van der Waals surface area contributed by atoms with Crippen molar-refractivity contribution < 1.29 is 17.9 Å². The number of aromatic nitrogens is 2. The summed E-state index contributed by atoms with van der Waals surface area (Å²) in [5, 5.41) is 3.80. The molecule has 0 atom stereocenters. The number of thiocarbonyl (C=S) groups is 1. The molecule has 0 aliphatic rings. The van der Waals surface area contributed by atoms with Gasteiger partial charge in [-0.05, 0) is 54.9 Å². The molecule has 1 amide bonds. The molecule has 0 saturated carbocycles. The SMILES string of the molecule is COc1ccccc1-n1nc(C(N)=O)c(=NC(=S)NS(=O)(=O)c2ccc(C)cc2)s1. The number of nitrogens with zero attached hydrogens (tertiary/aromatic N) is 3. The van der Waals surface area contributed by atoms with Crippen LogP contribution in [-0.4, -0.2) is 35.7 Å². The molecular weight excluding hydrogens is 446 g/mol. The van der Waals surface area contributed by atoms with Gasteiger partial charge in [0.05, 0.1) is 12.0 Å². The molecule has 0 saturated heterocycles. The number of para-hydroxylation sites is 2. The Hall–Kier alpha value is -3.09. The number of nitrogens with two attached hydrogens (primary N) is 1. The van der Waals surface area contributed by atoms with Crippen LogP contribution in [0.5, 0.6) is 5.75 Å². The van der Waals surface area contributed by atoms with E-state index in [1.807, 2.05) is 6.92 Å². The fourth-order valence-electron chi connectivity index (χ4n) is 2.40. The summed E-state index contributed by atoms with van der Waals surface area (Å²) in [6.45, 7) is 1.84. The van der Waals surface area contributed by atoms with Crippen molar-refractivity contribution in [2.24, 2.45) is 10.7 Å². The lowest BCUT2D eigenvalue weighted by atomic mass is 10.2. The van der Waals surface area contributed by atoms with Crippen LogP contribution in [0.4, 0.5) is 0 Å². The Morgan fingerprint density at radius 1 is 1.23 bits per heavy atom. The molecule has 30 heavy (non-hydrogen) atoms. The van der Waals surface area contributed by atoms with E-state index in [-0.39, 0.29) is 20.4 Å². The predicted octanol–water partition coefficient (Wildman–Crippen LogP) is 1.51. The van der Waals surface area contributed by atoms with Crippen molar-refractivity contribution in [2.75, 3.05) is 7.11 Å². The van der Waals surface area contributed by atoms with Gasteiger partial charge in [0.2, 0.25) is 5.11 Å². The number of aryl methyl sites for hydroxylation is 1. The number of hydrogen-bond donors (Lipinski definition) is 2. The Kier molecular flexibility index (Phi) is 6.29. The van der Waals surface area contributed by atoms with E-state index < -0.39 is 15.9 Å². The maximum Gasteiger partial charge on any atom is 0.272 e. The minimum Gasteiger partial charge on any atom is -0.494 e. The number of carbonyl (C=O) groups is 1. The van der Waals surface area contributed by atoms with Gasteiger partial charge in [0.25, 0.3) is 15.9 Å². The number of methoxy groups -OCH3 is 1. The molecule has 2 aromatic carbocycles. The zero-order valence-corrected chi connectivity index (χ0v) is 18.3. The van der Waals surface area contributed by atoms with Gasteiger partial charge in [-0.15, -0.1) is 5.10 Å². The first kappa shape index (κ1) is 21.6. The Balaban J connectivity index is 1.98. The Morgan fingerprint density at radius 2 is 1.90 bits per heavy atom. The highest BCUT2D eigenvalue weighted by Gasteiger charge is 2.18. The molecule has 0 unspecified atom stereocenters. The van der Waals surface area contributed by atoms with E-state index in [1.165, 1.54) is 23.3 Å². The smallest absolute Gasteiger partial charge is 0.272 e. The second kappa shape index (κ2) is 8.73. The standard InChI is InChI=1S/C18H17N5O4S3/c1-11-7-9-12(10-8-11)30(25,26)22-18(28)20-17-15(16(19)24)21-23(29-17)13-5-3-4-6-14(13)27-2/h3-10H,1-2H3,(H2,19,24)(H,22,28). The van der Waals surface area contributed by atoms with Crippen LogP contribution in [0.25, 0.3) is 5.69 Å². The van der Waals surface area contributed by atoms with E-state index in [2.05, 4.69) is 14.8 Å². The highest BCUT2D eigenvalue weighted by atomic mass is 32.2. The monoisotopic (exact) mass is 463 g/mol. The maximum absolute atomic E-state index is 12.5. The summed E-state index contributed by atoms with van der Waals surface area (Å²) in [4.78, 5) is 15.9. The van der Waals surface area contributed by atoms with Crippen LogP contribution in [-0.2, 0) is 10.0 Å². The van der Waals surface area contributed by atoms with Crippen LogP contribution in [0.1, 0.15) is 16.1 Å². The summed E-state index contributed by atoms with van der Waals surface area (Å²) < 4.78 is 33.9. The van der Waals surface area contributed by atoms with E-state index in [9.17, 15) is 13.2 Å². The summed E-state index contributed by atoms with van der Waals surface area (Å²) in [5.74, 6) is -0.315. The number of amides is 1. The lowest BCUT2D eigenvalue weighted by Crippen LogP contribution is -2.30. The minimum atomic E-state index is -3.93. The van der Waals surface area contributed by atoms with Crippen molar-refractivity contribution in [3.8, 4) is 11.4 Å². The number of ether oxygens (including phenoxy) is 1. The number of rotatable bonds is 5. The zero-order valence-electron chi connectivity index (χ0n) is 15.9. The number of benzene rings is 2. The summed E-state index contributed by atoms with van der Waals surface area (Å²) in [6, 6.07) is 13.3. The maximum atomic E-state index is 12.5. The summed E-state index contributed by atoms with van der Waals surface area (Å²) in [5.41, 5.74) is 6.72. The third kappa shape index (κ3) is 4.72. The Bertz CT molecular complexity index is 1280. The third-order valence-corrected chi connectivity index (χ3v) is 6.43. The van der Waals surface area contributed by atoms with Crippen LogP contribution in [0.2, 0.25) is 0 Å². The van der Waals surface area contributed by atoms with Crippen LogP contribution in [0.3, 0.4) is 0 Å². The first-order valence-electron chi connectivity index (χ1n) is 8.43. The van der Waals surface area contributed by atoms with E-state index in [0.717, 1.165) is 17.1 Å². The first-order valence-corrected chi connectivity index (χ1v) is 11.1. The molecule has 1 aromatic heterocycles. The van der Waals surface area contributed by atoms with Crippen molar-refractivity contribution in [1.82, 2.24) is 13.9 Å². The topological polar surface area (TPSA) is 129 Å². The third-order valence-electron chi connectivity index (χ3n) is 3.85. The lowest BCUT2D eigenvalue weighted by Gasteiger charge is -2.06. The molecule has 3 aromatic rings. The molecule has 0 spiro atoms. The van der Waals surface area contributed by atoms with Crippen LogP contribution < -0.4 is 19.9 Å². The Labute approximate surface area is 182 Å². The molecule has 0 radical (unpaired) electrons. The van der Waals surface area contributed by atoms with Crippen LogP contribution >= 0.6 is 23.8 Å². The van der Waals surface area contributed by atoms with Gasteiger partial charge in [0.1, 0.15) is 11.4 Å². The second-order valence-corrected chi connectivity index (χ2v) is 8.97. The van der Waals surface area contributed by atoms with Crippen LogP contribution in [0.15, 0.2) is 58.4 Å². The molecular formula is C18H17N5O4S3. The average molecular weight is 464 g/mol. The van der Waals surface area contributed by atoms with Crippen molar-refractivity contribution in [3.05, 3.63) is 64.5 Å². The molecule has 0 fully saturated rings. The van der Waals surface area contributed by atoms with E-state index in [0.29, 0.717) is 11.4 Å². The Morgan fingerprint density at radius 3 is 2.53 bits per heavy atom. The molecule has 9 nitrogen and oxygen atoms in total. The van der Waals surface area contributed by atoms with Crippen molar-refractivity contribution in [1.29, 1.82) is 0 Å². The van der Waals surface area contributed by atoms with Gasteiger partial charge in [0.15, 0.2) is 10.4 Å². The largest absolute Gasteiger partial charge is 0.494 e. The predicted molar refractivity (Wildman–Crippen MR) is 116 cm³/mol. The van der Waals surface area contributed by atoms with Gasteiger partial charge in [-0.1, -0.05) is 29.8 Å².